The van der Waals surface area contributed by atoms with Crippen LogP contribution in [-0.2, 0) is 25.6 Å². The summed E-state index contributed by atoms with van der Waals surface area (Å²) in [5.41, 5.74) is 1.30. The van der Waals surface area contributed by atoms with Gasteiger partial charge in [-0.3, -0.25) is 0 Å². The number of hydrogen-bond donors (Lipinski definition) is 0. The van der Waals surface area contributed by atoms with Gasteiger partial charge in [-0.15, -0.1) is 6.42 Å². The number of methoxy groups -OCH3 is 3. The fourth-order valence-corrected chi connectivity index (χ4v) is 3.03. The van der Waals surface area contributed by atoms with Crippen LogP contribution in [0.5, 0.6) is 17.2 Å². The first kappa shape index (κ1) is 25.4. The number of ether oxygens (including phenoxy) is 7. The Morgan fingerprint density at radius 3 is 2.19 bits per heavy atom. The van der Waals surface area contributed by atoms with Gasteiger partial charge in [0.15, 0.2) is 17.8 Å². The molecule has 0 amide bonds. The van der Waals surface area contributed by atoms with Gasteiger partial charge in [0.05, 0.1) is 33.5 Å². The molecule has 1 unspecified atom stereocenters. The third-order valence-corrected chi connectivity index (χ3v) is 4.57. The van der Waals surface area contributed by atoms with E-state index in [1.165, 1.54) is 14.2 Å². The molecule has 7 nitrogen and oxygen atoms in total. The Kier molecular flexibility index (Phi) is 11.9. The van der Waals surface area contributed by atoms with Crippen molar-refractivity contribution in [2.75, 3.05) is 54.4 Å². The lowest BCUT2D eigenvalue weighted by atomic mass is 10.1. The van der Waals surface area contributed by atoms with Crippen molar-refractivity contribution in [3.63, 3.8) is 0 Å². The maximum atomic E-state index is 5.66. The molecule has 1 heterocycles. The number of benzene rings is 1. The first-order valence-corrected chi connectivity index (χ1v) is 10.3. The first-order chi connectivity index (χ1) is 15.7. The topological polar surface area (TPSA) is 64.6 Å². The molecule has 0 aromatic heterocycles. The van der Waals surface area contributed by atoms with E-state index in [2.05, 4.69) is 29.6 Å². The zero-order valence-corrected chi connectivity index (χ0v) is 19.0. The Morgan fingerprint density at radius 1 is 0.906 bits per heavy atom. The van der Waals surface area contributed by atoms with E-state index < -0.39 is 0 Å². The van der Waals surface area contributed by atoms with Crippen LogP contribution < -0.4 is 14.2 Å². The van der Waals surface area contributed by atoms with E-state index in [0.29, 0.717) is 36.0 Å². The van der Waals surface area contributed by atoms with Gasteiger partial charge in [-0.1, -0.05) is 29.6 Å². The van der Waals surface area contributed by atoms with Crippen molar-refractivity contribution in [1.29, 1.82) is 0 Å². The van der Waals surface area contributed by atoms with Crippen molar-refractivity contribution in [1.82, 2.24) is 0 Å². The Labute approximate surface area is 190 Å². The Bertz CT molecular complexity index is 874. The molecule has 1 fully saturated rings. The van der Waals surface area contributed by atoms with Crippen LogP contribution in [0.3, 0.4) is 0 Å². The summed E-state index contributed by atoms with van der Waals surface area (Å²) in [4.78, 5) is 0. The van der Waals surface area contributed by atoms with E-state index in [0.717, 1.165) is 31.4 Å². The second-order valence-corrected chi connectivity index (χ2v) is 6.62. The minimum absolute atomic E-state index is 0.123. The molecule has 1 saturated heterocycles. The van der Waals surface area contributed by atoms with Crippen LogP contribution in [0.25, 0.3) is 0 Å². The lowest BCUT2D eigenvalue weighted by Crippen LogP contribution is -2.22. The van der Waals surface area contributed by atoms with Gasteiger partial charge in [0.1, 0.15) is 26.4 Å². The highest BCUT2D eigenvalue weighted by Gasteiger charge is 2.19. The summed E-state index contributed by atoms with van der Waals surface area (Å²) < 4.78 is 38.1. The highest BCUT2D eigenvalue weighted by molar-refractivity contribution is 5.63. The molecule has 1 aromatic rings. The zero-order valence-electron chi connectivity index (χ0n) is 19.0. The fraction of sp³-hybridized carbons (Fsp3) is 0.520. The van der Waals surface area contributed by atoms with Gasteiger partial charge in [0, 0.05) is 12.2 Å². The summed E-state index contributed by atoms with van der Waals surface area (Å²) in [6, 6.07) is 1.77. The maximum Gasteiger partial charge on any atom is 0.204 e. The summed E-state index contributed by atoms with van der Waals surface area (Å²) in [6.45, 7) is 2.14. The molecule has 0 N–H and O–H groups in total. The van der Waals surface area contributed by atoms with E-state index in [1.807, 2.05) is 0 Å². The van der Waals surface area contributed by atoms with E-state index in [9.17, 15) is 0 Å². The van der Waals surface area contributed by atoms with Gasteiger partial charge in [0.25, 0.3) is 0 Å². The minimum atomic E-state index is -0.123. The molecule has 0 radical (unpaired) electrons. The molecule has 7 heteroatoms. The predicted octanol–water partition coefficient (Wildman–Crippen LogP) is 2.78. The molecule has 172 valence electrons. The minimum Gasteiger partial charge on any atom is -0.493 e. The second-order valence-electron chi connectivity index (χ2n) is 6.62. The van der Waals surface area contributed by atoms with Crippen LogP contribution in [0.4, 0.5) is 0 Å². The third kappa shape index (κ3) is 8.00. The summed E-state index contributed by atoms with van der Waals surface area (Å²) in [5, 5.41) is 0. The van der Waals surface area contributed by atoms with Crippen LogP contribution in [-0.4, -0.2) is 60.7 Å². The van der Waals surface area contributed by atoms with Crippen molar-refractivity contribution >= 4 is 0 Å². The average molecular weight is 443 g/mol. The molecule has 0 bridgehead atoms. The highest BCUT2D eigenvalue weighted by atomic mass is 16.7. The van der Waals surface area contributed by atoms with E-state index in [1.54, 1.807) is 13.2 Å². The third-order valence-electron chi connectivity index (χ3n) is 4.57. The molecule has 0 saturated carbocycles. The second kappa shape index (κ2) is 15.0. The standard InChI is InChI=1S/C25H30O7/c1-5-21-20(18-22(26-2)25(28-4)24(21)27-3)19-30-15-9-8-13-29-14-10-11-17-32-23-12-6-7-16-31-23/h1,18,23H,6-7,12-17,19H2,2-4H3. The van der Waals surface area contributed by atoms with Crippen molar-refractivity contribution in [2.45, 2.75) is 32.2 Å². The van der Waals surface area contributed by atoms with Crippen LogP contribution in [0.2, 0.25) is 0 Å². The molecular formula is C25H30O7. The summed E-state index contributed by atoms with van der Waals surface area (Å²) in [6.07, 6.45) is 8.70. The van der Waals surface area contributed by atoms with Crippen molar-refractivity contribution < 1.29 is 33.2 Å². The van der Waals surface area contributed by atoms with Gasteiger partial charge in [-0.25, -0.2) is 0 Å². The summed E-state index contributed by atoms with van der Waals surface area (Å²) >= 11 is 0. The maximum absolute atomic E-state index is 5.66. The molecule has 0 spiro atoms. The highest BCUT2D eigenvalue weighted by Crippen LogP contribution is 2.41. The van der Waals surface area contributed by atoms with E-state index >= 15 is 0 Å². The van der Waals surface area contributed by atoms with Gasteiger partial charge >= 0.3 is 0 Å². The summed E-state index contributed by atoms with van der Waals surface area (Å²) in [5.74, 6) is 15.6. The predicted molar refractivity (Wildman–Crippen MR) is 120 cm³/mol. The molecule has 0 aliphatic carbocycles. The van der Waals surface area contributed by atoms with Crippen LogP contribution in [0.1, 0.15) is 30.4 Å². The SMILES string of the molecule is C#Cc1c(COCC#CCOCC#CCOC2CCCCO2)cc(OC)c(OC)c1OC. The van der Waals surface area contributed by atoms with Crippen molar-refractivity contribution in [3.05, 3.63) is 17.2 Å². The van der Waals surface area contributed by atoms with Gasteiger partial charge < -0.3 is 33.2 Å². The largest absolute Gasteiger partial charge is 0.493 e. The normalized spacial score (nSPS) is 14.9. The van der Waals surface area contributed by atoms with E-state index in [4.69, 9.17) is 39.6 Å². The fourth-order valence-electron chi connectivity index (χ4n) is 3.03. The van der Waals surface area contributed by atoms with Gasteiger partial charge in [-0.05, 0) is 25.3 Å². The Hall–Kier alpha value is -2.86. The molecule has 1 aromatic carbocycles. The monoisotopic (exact) mass is 442 g/mol. The Morgan fingerprint density at radius 2 is 1.59 bits per heavy atom. The van der Waals surface area contributed by atoms with E-state index in [-0.39, 0.29) is 26.1 Å². The van der Waals surface area contributed by atoms with Gasteiger partial charge in [-0.2, -0.15) is 0 Å². The van der Waals surface area contributed by atoms with Crippen LogP contribution in [0, 0.1) is 36.0 Å². The van der Waals surface area contributed by atoms with Crippen LogP contribution in [0.15, 0.2) is 6.07 Å². The smallest absolute Gasteiger partial charge is 0.204 e. The molecule has 2 rings (SSSR count). The number of terminal acetylenes is 1. The molecule has 1 aliphatic rings. The van der Waals surface area contributed by atoms with Crippen LogP contribution >= 0.6 is 0 Å². The molecule has 1 atom stereocenters. The zero-order chi connectivity index (χ0) is 23.0. The summed E-state index contributed by atoms with van der Waals surface area (Å²) in [7, 11) is 4.60. The van der Waals surface area contributed by atoms with Gasteiger partial charge in [0.2, 0.25) is 5.75 Å². The quantitative estimate of drug-likeness (QED) is 0.408. The first-order valence-electron chi connectivity index (χ1n) is 10.3. The molecule has 32 heavy (non-hydrogen) atoms. The number of hydrogen-bond acceptors (Lipinski definition) is 7. The Balaban J connectivity index is 1.69. The lowest BCUT2D eigenvalue weighted by Gasteiger charge is -2.21. The molecule has 1 aliphatic heterocycles. The molecular weight excluding hydrogens is 412 g/mol. The lowest BCUT2D eigenvalue weighted by molar-refractivity contribution is -0.154. The number of rotatable bonds is 10. The van der Waals surface area contributed by atoms with Crippen molar-refractivity contribution in [2.24, 2.45) is 0 Å². The average Bonchev–Trinajstić information content (AvgIpc) is 2.84. The van der Waals surface area contributed by atoms with Crippen molar-refractivity contribution in [3.8, 4) is 53.3 Å².